The molecule has 0 atom stereocenters. The second-order valence-electron chi connectivity index (χ2n) is 8.42. The van der Waals surface area contributed by atoms with Crippen molar-refractivity contribution in [3.05, 3.63) is 69.1 Å². The van der Waals surface area contributed by atoms with Crippen LogP contribution in [0.25, 0.3) is 11.0 Å². The van der Waals surface area contributed by atoms with E-state index in [-0.39, 0.29) is 17.4 Å². The van der Waals surface area contributed by atoms with Gasteiger partial charge in [-0.3, -0.25) is 29.2 Å². The predicted molar refractivity (Wildman–Crippen MR) is 122 cm³/mol. The average Bonchev–Trinajstić information content (AvgIpc) is 3.02. The molecule has 4 heterocycles. The topological polar surface area (TPSA) is 89.6 Å². The summed E-state index contributed by atoms with van der Waals surface area (Å²) in [6, 6.07) is 9.39. The molecule has 32 heavy (non-hydrogen) atoms. The molecule has 2 aliphatic heterocycles. The first-order chi connectivity index (χ1) is 15.4. The Balaban J connectivity index is 1.26. The molecular weight excluding hydrogens is 406 g/mol. The van der Waals surface area contributed by atoms with Crippen LogP contribution >= 0.6 is 0 Å². The van der Waals surface area contributed by atoms with Crippen LogP contribution in [0.15, 0.2) is 41.3 Å². The van der Waals surface area contributed by atoms with Crippen molar-refractivity contribution in [3.8, 4) is 0 Å². The maximum atomic E-state index is 12.3. The molecule has 1 fully saturated rings. The number of hydrogen-bond donors (Lipinski definition) is 1. The van der Waals surface area contributed by atoms with E-state index in [2.05, 4.69) is 19.8 Å². The molecule has 2 aliphatic rings. The van der Waals surface area contributed by atoms with Crippen LogP contribution in [-0.4, -0.2) is 64.8 Å². The molecule has 2 amide bonds. The van der Waals surface area contributed by atoms with E-state index in [0.717, 1.165) is 60.6 Å². The number of fused-ring (bicyclic) bond motifs is 2. The van der Waals surface area contributed by atoms with Gasteiger partial charge in [0.1, 0.15) is 0 Å². The zero-order valence-electron chi connectivity index (χ0n) is 18.2. The molecule has 8 nitrogen and oxygen atoms in total. The lowest BCUT2D eigenvalue weighted by Crippen LogP contribution is -2.46. The number of imide groups is 1. The third-order valence-corrected chi connectivity index (χ3v) is 6.42. The molecule has 0 bridgehead atoms. The number of pyridine rings is 2. The molecule has 1 aromatic carbocycles. The number of hydrogen-bond acceptors (Lipinski definition) is 6. The Morgan fingerprint density at radius 1 is 0.969 bits per heavy atom. The largest absolute Gasteiger partial charge is 0.369 e. The van der Waals surface area contributed by atoms with E-state index in [1.165, 1.54) is 11.9 Å². The van der Waals surface area contributed by atoms with Gasteiger partial charge >= 0.3 is 0 Å². The van der Waals surface area contributed by atoms with Gasteiger partial charge in [0, 0.05) is 57.2 Å². The average molecular weight is 431 g/mol. The number of benzene rings is 1. The molecule has 2 aromatic heterocycles. The first-order valence-electron chi connectivity index (χ1n) is 10.9. The number of amides is 2. The van der Waals surface area contributed by atoms with Crippen LogP contribution in [0.4, 0.5) is 5.69 Å². The number of anilines is 1. The monoisotopic (exact) mass is 431 g/mol. The SMILES string of the molecule is CCc1cc2ncc(CN3CCN(c4ccc5c(c4)C(=O)N(C)C5=O)CC3)cc2[nH]c1=O. The summed E-state index contributed by atoms with van der Waals surface area (Å²) in [4.78, 5) is 49.8. The zero-order chi connectivity index (χ0) is 22.4. The number of aryl methyl sites for hydroxylation is 1. The summed E-state index contributed by atoms with van der Waals surface area (Å²) in [5.74, 6) is -0.476. The summed E-state index contributed by atoms with van der Waals surface area (Å²) in [7, 11) is 1.52. The normalized spacial score (nSPS) is 16.8. The van der Waals surface area contributed by atoms with Gasteiger partial charge in [0.05, 0.1) is 22.2 Å². The van der Waals surface area contributed by atoms with Crippen LogP contribution in [0.5, 0.6) is 0 Å². The molecule has 164 valence electrons. The molecule has 0 spiro atoms. The Labute approximate surface area is 185 Å². The highest BCUT2D eigenvalue weighted by Crippen LogP contribution is 2.27. The molecule has 8 heteroatoms. The van der Waals surface area contributed by atoms with Crippen molar-refractivity contribution in [2.75, 3.05) is 38.1 Å². The van der Waals surface area contributed by atoms with Crippen molar-refractivity contribution < 1.29 is 9.59 Å². The first-order valence-corrected chi connectivity index (χ1v) is 10.9. The molecule has 0 unspecified atom stereocenters. The van der Waals surface area contributed by atoms with E-state index in [1.54, 1.807) is 6.07 Å². The Hall–Kier alpha value is -3.52. The number of rotatable bonds is 4. The Kier molecular flexibility index (Phi) is 5.01. The minimum atomic E-state index is -0.238. The zero-order valence-corrected chi connectivity index (χ0v) is 18.2. The molecule has 0 saturated carbocycles. The fraction of sp³-hybridized carbons (Fsp3) is 0.333. The number of carbonyl (C=O) groups excluding carboxylic acids is 2. The Bertz CT molecular complexity index is 1290. The minimum Gasteiger partial charge on any atom is -0.369 e. The van der Waals surface area contributed by atoms with Crippen LogP contribution in [0, 0.1) is 0 Å². The molecule has 1 saturated heterocycles. The predicted octanol–water partition coefficient (Wildman–Crippen LogP) is 2.03. The first kappa shape index (κ1) is 20.4. The van der Waals surface area contributed by atoms with E-state index >= 15 is 0 Å². The van der Waals surface area contributed by atoms with Gasteiger partial charge in [-0.1, -0.05) is 6.92 Å². The van der Waals surface area contributed by atoms with Gasteiger partial charge in [-0.15, -0.1) is 0 Å². The number of aromatic nitrogens is 2. The number of carbonyl (C=O) groups is 2. The van der Waals surface area contributed by atoms with Gasteiger partial charge < -0.3 is 9.88 Å². The Morgan fingerprint density at radius 3 is 2.47 bits per heavy atom. The third kappa shape index (κ3) is 3.46. The lowest BCUT2D eigenvalue weighted by molar-refractivity contribution is 0.0693. The lowest BCUT2D eigenvalue weighted by Gasteiger charge is -2.36. The fourth-order valence-electron chi connectivity index (χ4n) is 4.48. The summed E-state index contributed by atoms with van der Waals surface area (Å²) >= 11 is 0. The molecule has 5 rings (SSSR count). The molecular formula is C24H25N5O3. The Morgan fingerprint density at radius 2 is 1.72 bits per heavy atom. The lowest BCUT2D eigenvalue weighted by atomic mass is 10.1. The van der Waals surface area contributed by atoms with Gasteiger partial charge in [0.2, 0.25) is 0 Å². The van der Waals surface area contributed by atoms with E-state index in [0.29, 0.717) is 17.5 Å². The molecule has 0 aliphatic carbocycles. The highest BCUT2D eigenvalue weighted by molar-refractivity contribution is 6.21. The molecule has 0 radical (unpaired) electrons. The van der Waals surface area contributed by atoms with Crippen molar-refractivity contribution in [2.45, 2.75) is 19.9 Å². The summed E-state index contributed by atoms with van der Waals surface area (Å²) < 4.78 is 0. The van der Waals surface area contributed by atoms with Crippen molar-refractivity contribution in [1.82, 2.24) is 19.8 Å². The van der Waals surface area contributed by atoms with Crippen LogP contribution < -0.4 is 10.5 Å². The van der Waals surface area contributed by atoms with Gasteiger partial charge in [-0.2, -0.15) is 0 Å². The van der Waals surface area contributed by atoms with Crippen molar-refractivity contribution in [1.29, 1.82) is 0 Å². The smallest absolute Gasteiger partial charge is 0.261 e. The van der Waals surface area contributed by atoms with E-state index in [4.69, 9.17) is 0 Å². The van der Waals surface area contributed by atoms with E-state index < -0.39 is 0 Å². The standard InChI is InChI=1S/C24H25N5O3/c1-3-16-11-20-21(26-22(16)30)10-15(13-25-20)14-28-6-8-29(9-7-28)17-4-5-18-19(12-17)24(32)27(2)23(18)31/h4-5,10-13H,3,6-9,14H2,1-2H3,(H,26,30). The van der Waals surface area contributed by atoms with Crippen LogP contribution in [0.1, 0.15) is 38.8 Å². The third-order valence-electron chi connectivity index (χ3n) is 6.42. The second kappa shape index (κ2) is 7.87. The molecule has 3 aromatic rings. The quantitative estimate of drug-likeness (QED) is 0.636. The number of piperazine rings is 1. The van der Waals surface area contributed by atoms with Gasteiger partial charge in [0.25, 0.3) is 17.4 Å². The van der Waals surface area contributed by atoms with Gasteiger partial charge in [0.15, 0.2) is 0 Å². The van der Waals surface area contributed by atoms with Gasteiger partial charge in [-0.25, -0.2) is 0 Å². The van der Waals surface area contributed by atoms with E-state index in [9.17, 15) is 14.4 Å². The minimum absolute atomic E-state index is 0.0479. The summed E-state index contributed by atoms with van der Waals surface area (Å²) in [5.41, 5.74) is 5.28. The summed E-state index contributed by atoms with van der Waals surface area (Å²) in [5, 5.41) is 0. The molecule has 1 N–H and O–H groups in total. The van der Waals surface area contributed by atoms with Crippen molar-refractivity contribution in [2.24, 2.45) is 0 Å². The van der Waals surface area contributed by atoms with E-state index in [1.807, 2.05) is 37.4 Å². The maximum absolute atomic E-state index is 12.3. The van der Waals surface area contributed by atoms with Crippen molar-refractivity contribution >= 4 is 28.5 Å². The van der Waals surface area contributed by atoms with Crippen molar-refractivity contribution in [3.63, 3.8) is 0 Å². The highest BCUT2D eigenvalue weighted by atomic mass is 16.2. The second-order valence-corrected chi connectivity index (χ2v) is 8.42. The maximum Gasteiger partial charge on any atom is 0.261 e. The number of nitrogens with one attached hydrogen (secondary N) is 1. The number of aromatic amines is 1. The number of nitrogens with zero attached hydrogens (tertiary/aromatic N) is 4. The summed E-state index contributed by atoms with van der Waals surface area (Å²) in [6.07, 6.45) is 2.57. The number of H-pyrrole nitrogens is 1. The van der Waals surface area contributed by atoms with Crippen LogP contribution in [0.3, 0.4) is 0 Å². The van der Waals surface area contributed by atoms with Crippen LogP contribution in [-0.2, 0) is 13.0 Å². The fourth-order valence-corrected chi connectivity index (χ4v) is 4.48. The summed E-state index contributed by atoms with van der Waals surface area (Å²) in [6.45, 7) is 6.11. The van der Waals surface area contributed by atoms with Gasteiger partial charge in [-0.05, 0) is 42.3 Å². The van der Waals surface area contributed by atoms with Crippen LogP contribution in [0.2, 0.25) is 0 Å². The highest BCUT2D eigenvalue weighted by Gasteiger charge is 2.33.